The maximum atomic E-state index is 12.2. The van der Waals surface area contributed by atoms with E-state index in [1.807, 2.05) is 13.8 Å². The third-order valence-corrected chi connectivity index (χ3v) is 3.14. The van der Waals surface area contributed by atoms with Gasteiger partial charge in [-0.1, -0.05) is 26.0 Å². The number of alkyl carbamates (subject to hydrolysis) is 1. The molecule has 1 heterocycles. The summed E-state index contributed by atoms with van der Waals surface area (Å²) >= 11 is 0. The Hall–Kier alpha value is -2.24. The fourth-order valence-electron chi connectivity index (χ4n) is 2.23. The molecule has 0 radical (unpaired) electrons. The minimum atomic E-state index is -0.940. The minimum Gasteiger partial charge on any atom is -0.493 e. The third kappa shape index (κ3) is 3.65. The van der Waals surface area contributed by atoms with E-state index in [0.29, 0.717) is 23.8 Å². The first kappa shape index (κ1) is 15.2. The van der Waals surface area contributed by atoms with Crippen molar-refractivity contribution < 1.29 is 23.8 Å². The lowest BCUT2D eigenvalue weighted by molar-refractivity contribution is -0.143. The van der Waals surface area contributed by atoms with E-state index in [1.165, 1.54) is 7.11 Å². The lowest BCUT2D eigenvalue weighted by Crippen LogP contribution is -2.39. The number of carbonyl (C=O) groups excluding carboxylic acids is 2. The predicted molar refractivity (Wildman–Crippen MR) is 75.3 cm³/mol. The average Bonchev–Trinajstić information content (AvgIpc) is 2.79. The zero-order valence-electron chi connectivity index (χ0n) is 12.3. The molecular weight excluding hydrogens is 274 g/mol. The number of methoxy groups -OCH3 is 1. The lowest BCUT2D eigenvalue weighted by atomic mass is 10.00. The first-order chi connectivity index (χ1) is 10.0. The van der Waals surface area contributed by atoms with Gasteiger partial charge in [0.2, 0.25) is 6.10 Å². The van der Waals surface area contributed by atoms with Crippen molar-refractivity contribution in [3.05, 3.63) is 24.3 Å². The number of nitrogens with one attached hydrogen (secondary N) is 1. The average molecular weight is 293 g/mol. The molecule has 1 aromatic rings. The maximum Gasteiger partial charge on any atom is 0.408 e. The zero-order chi connectivity index (χ0) is 15.4. The minimum absolute atomic E-state index is 0.302. The summed E-state index contributed by atoms with van der Waals surface area (Å²) in [6, 6.07) is 6.44. The summed E-state index contributed by atoms with van der Waals surface area (Å²) in [7, 11) is 1.49. The second kappa shape index (κ2) is 6.47. The summed E-state index contributed by atoms with van der Waals surface area (Å²) in [5, 5.41) is 2.64. The lowest BCUT2D eigenvalue weighted by Gasteiger charge is -2.17. The highest BCUT2D eigenvalue weighted by atomic mass is 16.6. The normalized spacial score (nSPS) is 20.9. The fraction of sp³-hybridized carbons (Fsp3) is 0.467. The molecule has 1 saturated heterocycles. The zero-order valence-corrected chi connectivity index (χ0v) is 12.3. The van der Waals surface area contributed by atoms with Crippen molar-refractivity contribution in [3.8, 4) is 11.5 Å². The number of rotatable bonds is 5. The van der Waals surface area contributed by atoms with E-state index in [0.717, 1.165) is 0 Å². The van der Waals surface area contributed by atoms with Crippen molar-refractivity contribution in [1.82, 2.24) is 5.32 Å². The number of esters is 1. The number of para-hydroxylation sites is 2. The van der Waals surface area contributed by atoms with Gasteiger partial charge >= 0.3 is 12.1 Å². The molecule has 0 aromatic heterocycles. The van der Waals surface area contributed by atoms with Gasteiger partial charge in [0.15, 0.2) is 11.5 Å². The second-order valence-corrected chi connectivity index (χ2v) is 5.28. The molecule has 1 fully saturated rings. The summed E-state index contributed by atoms with van der Waals surface area (Å²) in [5.41, 5.74) is 0. The Kier molecular flexibility index (Phi) is 4.67. The van der Waals surface area contributed by atoms with Gasteiger partial charge in [0, 0.05) is 0 Å². The van der Waals surface area contributed by atoms with E-state index in [9.17, 15) is 9.59 Å². The first-order valence-corrected chi connectivity index (χ1v) is 6.83. The molecule has 1 amide bonds. The standard InChI is InChI=1S/C15H19NO5/c1-9(2)8-10-13(21-15(18)16-10)14(17)20-12-7-5-4-6-11(12)19-3/h4-7,9-10,13H,8H2,1-3H3,(H,16,18)/t10?,13-/m1/s1. The quantitative estimate of drug-likeness (QED) is 0.665. The van der Waals surface area contributed by atoms with Crippen LogP contribution in [0.5, 0.6) is 11.5 Å². The van der Waals surface area contributed by atoms with Crippen LogP contribution in [0.2, 0.25) is 0 Å². The Bertz CT molecular complexity index is 529. The van der Waals surface area contributed by atoms with E-state index in [4.69, 9.17) is 14.2 Å². The largest absolute Gasteiger partial charge is 0.493 e. The van der Waals surface area contributed by atoms with Gasteiger partial charge in [0.05, 0.1) is 13.2 Å². The molecule has 1 N–H and O–H groups in total. The van der Waals surface area contributed by atoms with Crippen molar-refractivity contribution in [2.24, 2.45) is 5.92 Å². The number of cyclic esters (lactones) is 1. The molecule has 0 saturated carbocycles. The van der Waals surface area contributed by atoms with Crippen LogP contribution in [-0.2, 0) is 9.53 Å². The number of ether oxygens (including phenoxy) is 3. The molecule has 2 atom stereocenters. The fourth-order valence-corrected chi connectivity index (χ4v) is 2.23. The summed E-state index contributed by atoms with van der Waals surface area (Å²) in [6.07, 6.45) is -0.898. The smallest absolute Gasteiger partial charge is 0.408 e. The van der Waals surface area contributed by atoms with E-state index in [2.05, 4.69) is 5.32 Å². The van der Waals surface area contributed by atoms with Gasteiger partial charge in [-0.15, -0.1) is 0 Å². The summed E-state index contributed by atoms with van der Waals surface area (Å²) in [5.74, 6) is 0.460. The van der Waals surface area contributed by atoms with Gasteiger partial charge in [0.25, 0.3) is 0 Å². The van der Waals surface area contributed by atoms with Gasteiger partial charge in [0.1, 0.15) is 0 Å². The van der Waals surface area contributed by atoms with E-state index in [1.54, 1.807) is 24.3 Å². The molecule has 2 rings (SSSR count). The third-order valence-electron chi connectivity index (χ3n) is 3.14. The van der Waals surface area contributed by atoms with Gasteiger partial charge in [-0.2, -0.15) is 0 Å². The highest BCUT2D eigenvalue weighted by Gasteiger charge is 2.41. The molecule has 6 heteroatoms. The van der Waals surface area contributed by atoms with E-state index >= 15 is 0 Å². The molecule has 0 aliphatic carbocycles. The highest BCUT2D eigenvalue weighted by Crippen LogP contribution is 2.27. The molecular formula is C15H19NO5. The molecule has 1 unspecified atom stereocenters. The Morgan fingerprint density at radius 3 is 2.62 bits per heavy atom. The number of amides is 1. The molecule has 0 spiro atoms. The number of hydrogen-bond donors (Lipinski definition) is 1. The van der Waals surface area contributed by atoms with Crippen molar-refractivity contribution >= 4 is 12.1 Å². The molecule has 1 aliphatic heterocycles. The number of hydrogen-bond acceptors (Lipinski definition) is 5. The molecule has 114 valence electrons. The summed E-state index contributed by atoms with van der Waals surface area (Å²) in [6.45, 7) is 4.01. The van der Waals surface area contributed by atoms with Crippen LogP contribution in [0.15, 0.2) is 24.3 Å². The number of benzene rings is 1. The molecule has 6 nitrogen and oxygen atoms in total. The van der Waals surface area contributed by atoms with Gasteiger partial charge < -0.3 is 19.5 Å². The van der Waals surface area contributed by atoms with Crippen LogP contribution < -0.4 is 14.8 Å². The van der Waals surface area contributed by atoms with Crippen LogP contribution in [0.4, 0.5) is 4.79 Å². The second-order valence-electron chi connectivity index (χ2n) is 5.28. The van der Waals surface area contributed by atoms with E-state index in [-0.39, 0.29) is 6.04 Å². The molecule has 0 bridgehead atoms. The van der Waals surface area contributed by atoms with Crippen LogP contribution in [0.1, 0.15) is 20.3 Å². The van der Waals surface area contributed by atoms with Gasteiger partial charge in [-0.25, -0.2) is 9.59 Å². The predicted octanol–water partition coefficient (Wildman–Crippen LogP) is 2.12. The molecule has 21 heavy (non-hydrogen) atoms. The van der Waals surface area contributed by atoms with Crippen LogP contribution in [0.3, 0.4) is 0 Å². The first-order valence-electron chi connectivity index (χ1n) is 6.83. The molecule has 1 aromatic carbocycles. The van der Waals surface area contributed by atoms with Gasteiger partial charge in [-0.05, 0) is 24.5 Å². The van der Waals surface area contributed by atoms with Crippen molar-refractivity contribution in [1.29, 1.82) is 0 Å². The Morgan fingerprint density at radius 1 is 1.33 bits per heavy atom. The molecule has 1 aliphatic rings. The number of carbonyl (C=O) groups is 2. The maximum absolute atomic E-state index is 12.2. The highest BCUT2D eigenvalue weighted by molar-refractivity contribution is 5.85. The Balaban J connectivity index is 2.09. The van der Waals surface area contributed by atoms with Crippen LogP contribution in [-0.4, -0.2) is 31.3 Å². The topological polar surface area (TPSA) is 73.9 Å². The summed E-state index contributed by atoms with van der Waals surface area (Å²) in [4.78, 5) is 23.6. The monoisotopic (exact) mass is 293 g/mol. The van der Waals surface area contributed by atoms with Crippen molar-refractivity contribution in [2.45, 2.75) is 32.4 Å². The van der Waals surface area contributed by atoms with Crippen LogP contribution >= 0.6 is 0 Å². The van der Waals surface area contributed by atoms with Crippen LogP contribution in [0.25, 0.3) is 0 Å². The van der Waals surface area contributed by atoms with Crippen molar-refractivity contribution in [3.63, 3.8) is 0 Å². The van der Waals surface area contributed by atoms with Crippen molar-refractivity contribution in [2.75, 3.05) is 7.11 Å². The SMILES string of the molecule is COc1ccccc1OC(=O)[C@@H]1OC(=O)NC1CC(C)C. The van der Waals surface area contributed by atoms with Gasteiger partial charge in [-0.3, -0.25) is 0 Å². The Labute approximate surface area is 123 Å². The van der Waals surface area contributed by atoms with Crippen LogP contribution in [0, 0.1) is 5.92 Å². The summed E-state index contributed by atoms with van der Waals surface area (Å²) < 4.78 is 15.4. The van der Waals surface area contributed by atoms with E-state index < -0.39 is 18.2 Å². The Morgan fingerprint density at radius 2 is 2.00 bits per heavy atom.